The molecule has 0 amide bonds. The van der Waals surface area contributed by atoms with Crippen LogP contribution in [0.25, 0.3) is 0 Å². The van der Waals surface area contributed by atoms with Crippen LogP contribution in [0, 0.1) is 12.8 Å². The van der Waals surface area contributed by atoms with Gasteiger partial charge in [-0.25, -0.2) is 8.42 Å². The van der Waals surface area contributed by atoms with Gasteiger partial charge >= 0.3 is 0 Å². The predicted molar refractivity (Wildman–Crippen MR) is 79.1 cm³/mol. The van der Waals surface area contributed by atoms with Gasteiger partial charge in [0.05, 0.1) is 28.3 Å². The Morgan fingerprint density at radius 1 is 1.50 bits per heavy atom. The summed E-state index contributed by atoms with van der Waals surface area (Å²) >= 11 is 5.90. The standard InChI is InChI=1S/C13H19ClN2O3S/c1-8-3-4-16(12(8)7-17)20(18,19)13-6-11(15)10(14)5-9(13)2/h5-6,8,12,17H,3-4,7,15H2,1-2H3. The van der Waals surface area contributed by atoms with E-state index in [0.29, 0.717) is 17.1 Å². The molecule has 1 aliphatic heterocycles. The van der Waals surface area contributed by atoms with Crippen molar-refractivity contribution in [3.05, 3.63) is 22.7 Å². The van der Waals surface area contributed by atoms with Gasteiger partial charge < -0.3 is 10.8 Å². The summed E-state index contributed by atoms with van der Waals surface area (Å²) in [6, 6.07) is 2.57. The van der Waals surface area contributed by atoms with Crippen molar-refractivity contribution in [1.82, 2.24) is 4.31 Å². The molecule has 2 rings (SSSR count). The third-order valence-electron chi connectivity index (χ3n) is 3.90. The van der Waals surface area contributed by atoms with E-state index in [-0.39, 0.29) is 29.1 Å². The fraction of sp³-hybridized carbons (Fsp3) is 0.538. The number of hydrogen-bond acceptors (Lipinski definition) is 4. The predicted octanol–water partition coefficient (Wildman–Crippen LogP) is 1.62. The van der Waals surface area contributed by atoms with Gasteiger partial charge in [0.2, 0.25) is 10.0 Å². The molecule has 7 heteroatoms. The molecule has 2 atom stereocenters. The fourth-order valence-corrected chi connectivity index (χ4v) is 4.80. The molecule has 2 unspecified atom stereocenters. The average molecular weight is 319 g/mol. The Kier molecular flexibility index (Phi) is 4.30. The first kappa shape index (κ1) is 15.6. The van der Waals surface area contributed by atoms with Gasteiger partial charge in [-0.05, 0) is 37.0 Å². The van der Waals surface area contributed by atoms with Crippen LogP contribution in [-0.4, -0.2) is 37.0 Å². The van der Waals surface area contributed by atoms with Crippen LogP contribution in [0.3, 0.4) is 0 Å². The molecule has 3 N–H and O–H groups in total. The number of aliphatic hydroxyl groups excluding tert-OH is 1. The lowest BCUT2D eigenvalue weighted by atomic mass is 10.0. The SMILES string of the molecule is Cc1cc(Cl)c(N)cc1S(=O)(=O)N1CCC(C)C1CO. The second-order valence-electron chi connectivity index (χ2n) is 5.27. The lowest BCUT2D eigenvalue weighted by Gasteiger charge is -2.25. The largest absolute Gasteiger partial charge is 0.397 e. The summed E-state index contributed by atoms with van der Waals surface area (Å²) in [6.07, 6.45) is 0.743. The minimum atomic E-state index is -3.67. The van der Waals surface area contributed by atoms with Crippen molar-refractivity contribution in [2.75, 3.05) is 18.9 Å². The quantitative estimate of drug-likeness (QED) is 0.830. The van der Waals surface area contributed by atoms with Gasteiger partial charge in [-0.1, -0.05) is 18.5 Å². The molecule has 1 saturated heterocycles. The van der Waals surface area contributed by atoms with Crippen LogP contribution in [0.1, 0.15) is 18.9 Å². The summed E-state index contributed by atoms with van der Waals surface area (Å²) in [4.78, 5) is 0.159. The van der Waals surface area contributed by atoms with E-state index >= 15 is 0 Å². The van der Waals surface area contributed by atoms with E-state index in [9.17, 15) is 13.5 Å². The lowest BCUT2D eigenvalue weighted by Crippen LogP contribution is -2.40. The molecule has 1 fully saturated rings. The maximum absolute atomic E-state index is 12.7. The van der Waals surface area contributed by atoms with Gasteiger partial charge in [0.15, 0.2) is 0 Å². The Hall–Kier alpha value is -0.820. The monoisotopic (exact) mass is 318 g/mol. The molecule has 0 spiro atoms. The van der Waals surface area contributed by atoms with Crippen molar-refractivity contribution in [2.24, 2.45) is 5.92 Å². The molecule has 1 aliphatic rings. The van der Waals surface area contributed by atoms with Gasteiger partial charge in [-0.15, -0.1) is 0 Å². The summed E-state index contributed by atoms with van der Waals surface area (Å²) in [5, 5.41) is 9.78. The summed E-state index contributed by atoms with van der Waals surface area (Å²) < 4.78 is 26.9. The number of sulfonamides is 1. The molecule has 1 aromatic carbocycles. The highest BCUT2D eigenvalue weighted by molar-refractivity contribution is 7.89. The Morgan fingerprint density at radius 3 is 2.75 bits per heavy atom. The Morgan fingerprint density at radius 2 is 2.15 bits per heavy atom. The number of aryl methyl sites for hydroxylation is 1. The molecule has 1 heterocycles. The smallest absolute Gasteiger partial charge is 0.243 e. The van der Waals surface area contributed by atoms with Crippen LogP contribution in [0.5, 0.6) is 0 Å². The van der Waals surface area contributed by atoms with Gasteiger partial charge in [-0.3, -0.25) is 0 Å². The minimum Gasteiger partial charge on any atom is -0.397 e. The Labute approximate surface area is 124 Å². The number of aliphatic hydroxyl groups is 1. The molecular formula is C13H19ClN2O3S. The van der Waals surface area contributed by atoms with E-state index in [0.717, 1.165) is 6.42 Å². The van der Waals surface area contributed by atoms with Crippen molar-refractivity contribution < 1.29 is 13.5 Å². The van der Waals surface area contributed by atoms with Crippen molar-refractivity contribution in [3.63, 3.8) is 0 Å². The van der Waals surface area contributed by atoms with E-state index in [1.807, 2.05) is 6.92 Å². The van der Waals surface area contributed by atoms with E-state index in [1.165, 1.54) is 10.4 Å². The molecule has 1 aromatic rings. The third-order valence-corrected chi connectivity index (χ3v) is 6.29. The Bertz CT molecular complexity index is 618. The zero-order valence-corrected chi connectivity index (χ0v) is 13.1. The molecule has 5 nitrogen and oxygen atoms in total. The molecule has 20 heavy (non-hydrogen) atoms. The number of rotatable bonds is 3. The molecule has 112 valence electrons. The first-order valence-electron chi connectivity index (χ1n) is 6.47. The molecule has 0 saturated carbocycles. The second kappa shape index (κ2) is 5.52. The number of anilines is 1. The normalized spacial score (nSPS) is 24.2. The molecular weight excluding hydrogens is 300 g/mol. The number of nitrogens with two attached hydrogens (primary N) is 1. The number of nitrogens with zero attached hydrogens (tertiary/aromatic N) is 1. The lowest BCUT2D eigenvalue weighted by molar-refractivity contribution is 0.191. The van der Waals surface area contributed by atoms with E-state index in [4.69, 9.17) is 17.3 Å². The van der Waals surface area contributed by atoms with Gasteiger partial charge in [-0.2, -0.15) is 4.31 Å². The van der Waals surface area contributed by atoms with E-state index < -0.39 is 10.0 Å². The topological polar surface area (TPSA) is 83.6 Å². The fourth-order valence-electron chi connectivity index (χ4n) is 2.62. The van der Waals surface area contributed by atoms with Crippen LogP contribution in [0.4, 0.5) is 5.69 Å². The Balaban J connectivity index is 2.48. The number of benzene rings is 1. The van der Waals surface area contributed by atoms with Crippen molar-refractivity contribution >= 4 is 27.3 Å². The zero-order valence-electron chi connectivity index (χ0n) is 11.5. The van der Waals surface area contributed by atoms with E-state index in [2.05, 4.69) is 0 Å². The highest BCUT2D eigenvalue weighted by atomic mass is 35.5. The number of hydrogen-bond donors (Lipinski definition) is 2. The van der Waals surface area contributed by atoms with Gasteiger partial charge in [0, 0.05) is 6.54 Å². The maximum atomic E-state index is 12.7. The van der Waals surface area contributed by atoms with Gasteiger partial charge in [0.25, 0.3) is 0 Å². The van der Waals surface area contributed by atoms with Crippen LogP contribution >= 0.6 is 11.6 Å². The van der Waals surface area contributed by atoms with Crippen LogP contribution < -0.4 is 5.73 Å². The van der Waals surface area contributed by atoms with Crippen LogP contribution in [0.15, 0.2) is 17.0 Å². The van der Waals surface area contributed by atoms with Crippen LogP contribution in [0.2, 0.25) is 5.02 Å². The average Bonchev–Trinajstić information content (AvgIpc) is 2.75. The van der Waals surface area contributed by atoms with Crippen molar-refractivity contribution in [2.45, 2.75) is 31.2 Å². The van der Waals surface area contributed by atoms with Crippen LogP contribution in [-0.2, 0) is 10.0 Å². The first-order valence-corrected chi connectivity index (χ1v) is 8.29. The molecule has 0 bridgehead atoms. The zero-order chi connectivity index (χ0) is 15.1. The van der Waals surface area contributed by atoms with Crippen molar-refractivity contribution in [3.8, 4) is 0 Å². The summed E-state index contributed by atoms with van der Waals surface area (Å²) in [7, 11) is -3.67. The van der Waals surface area contributed by atoms with Crippen molar-refractivity contribution in [1.29, 1.82) is 0 Å². The molecule has 0 aliphatic carbocycles. The number of nitrogen functional groups attached to an aromatic ring is 1. The first-order chi connectivity index (χ1) is 9.28. The molecule has 0 aromatic heterocycles. The summed E-state index contributed by atoms with van der Waals surface area (Å²) in [6.45, 7) is 3.87. The van der Waals surface area contributed by atoms with Gasteiger partial charge in [0.1, 0.15) is 0 Å². The van der Waals surface area contributed by atoms with E-state index in [1.54, 1.807) is 13.0 Å². The summed E-state index contributed by atoms with van der Waals surface area (Å²) in [5.41, 5.74) is 6.51. The highest BCUT2D eigenvalue weighted by Crippen LogP contribution is 2.33. The minimum absolute atomic E-state index is 0.139. The maximum Gasteiger partial charge on any atom is 0.243 e. The molecule has 0 radical (unpaired) electrons. The highest BCUT2D eigenvalue weighted by Gasteiger charge is 2.39. The second-order valence-corrected chi connectivity index (χ2v) is 7.54. The number of halogens is 1. The third kappa shape index (κ3) is 2.53. The summed E-state index contributed by atoms with van der Waals surface area (Å²) in [5.74, 6) is 0.139.